The molecule has 3 nitrogen and oxygen atoms in total. The number of benzene rings is 1. The molecule has 0 amide bonds. The third kappa shape index (κ3) is 2.73. The molecule has 0 bridgehead atoms. The van der Waals surface area contributed by atoms with Crippen molar-refractivity contribution >= 4 is 10.9 Å². The Labute approximate surface area is 118 Å². The number of hydrogen-bond donors (Lipinski definition) is 1. The number of aromatic nitrogens is 1. The van der Waals surface area contributed by atoms with Crippen molar-refractivity contribution in [3.8, 4) is 0 Å². The Balaban J connectivity index is 1.66. The van der Waals surface area contributed by atoms with Gasteiger partial charge in [-0.3, -0.25) is 4.98 Å². The first-order chi connectivity index (χ1) is 9.84. The number of para-hydroxylation sites is 1. The lowest BCUT2D eigenvalue weighted by atomic mass is 10.1. The third-order valence-electron chi connectivity index (χ3n) is 3.60. The second-order valence-corrected chi connectivity index (χ2v) is 4.97. The molecule has 3 rings (SSSR count). The van der Waals surface area contributed by atoms with Crippen LogP contribution in [0.1, 0.15) is 24.1 Å². The molecule has 3 heteroatoms. The Hall–Kier alpha value is -2.13. The lowest BCUT2D eigenvalue weighted by molar-refractivity contribution is 0.540. The fraction of sp³-hybridized carbons (Fsp3) is 0.235. The van der Waals surface area contributed by atoms with Crippen molar-refractivity contribution in [2.24, 2.45) is 0 Å². The van der Waals surface area contributed by atoms with Crippen LogP contribution in [-0.2, 0) is 6.42 Å². The highest BCUT2D eigenvalue weighted by molar-refractivity contribution is 5.81. The van der Waals surface area contributed by atoms with Gasteiger partial charge in [-0.25, -0.2) is 0 Å². The molecule has 0 fully saturated rings. The van der Waals surface area contributed by atoms with E-state index in [2.05, 4.69) is 41.5 Å². The van der Waals surface area contributed by atoms with Crippen molar-refractivity contribution in [3.63, 3.8) is 0 Å². The molecule has 102 valence electrons. The van der Waals surface area contributed by atoms with Crippen LogP contribution < -0.4 is 5.32 Å². The first kappa shape index (κ1) is 12.9. The Morgan fingerprint density at radius 3 is 2.95 bits per heavy atom. The maximum atomic E-state index is 5.11. The van der Waals surface area contributed by atoms with E-state index in [-0.39, 0.29) is 0 Å². The molecule has 1 N–H and O–H groups in total. The number of rotatable bonds is 5. The van der Waals surface area contributed by atoms with Gasteiger partial charge in [-0.2, -0.15) is 0 Å². The number of fused-ring (bicyclic) bond motifs is 1. The number of pyridine rings is 1. The number of nitrogens with zero attached hydrogens (tertiary/aromatic N) is 1. The van der Waals surface area contributed by atoms with E-state index < -0.39 is 0 Å². The van der Waals surface area contributed by atoms with E-state index in [1.165, 1.54) is 16.5 Å². The quantitative estimate of drug-likeness (QED) is 0.764. The molecule has 0 saturated heterocycles. The molecule has 1 unspecified atom stereocenters. The highest BCUT2D eigenvalue weighted by atomic mass is 16.3. The fourth-order valence-corrected chi connectivity index (χ4v) is 2.43. The molecule has 2 aromatic heterocycles. The molecular formula is C17H18N2O. The summed E-state index contributed by atoms with van der Waals surface area (Å²) in [5.74, 6) is 0. The van der Waals surface area contributed by atoms with Gasteiger partial charge >= 0.3 is 0 Å². The Bertz CT molecular complexity index is 671. The van der Waals surface area contributed by atoms with Gasteiger partial charge in [0.25, 0.3) is 0 Å². The monoisotopic (exact) mass is 266 g/mol. The molecule has 3 aromatic rings. The highest BCUT2D eigenvalue weighted by Crippen LogP contribution is 2.17. The number of nitrogens with one attached hydrogen (secondary N) is 1. The summed E-state index contributed by atoms with van der Waals surface area (Å²) in [5.41, 5.74) is 3.57. The van der Waals surface area contributed by atoms with Gasteiger partial charge in [0.05, 0.1) is 18.0 Å². The molecule has 2 heterocycles. The summed E-state index contributed by atoms with van der Waals surface area (Å²) in [4.78, 5) is 4.49. The van der Waals surface area contributed by atoms with Gasteiger partial charge < -0.3 is 9.73 Å². The molecule has 0 saturated carbocycles. The Morgan fingerprint density at radius 2 is 2.10 bits per heavy atom. The molecule has 0 aliphatic carbocycles. The normalized spacial score (nSPS) is 12.7. The van der Waals surface area contributed by atoms with Crippen LogP contribution in [0, 0.1) is 0 Å². The summed E-state index contributed by atoms with van der Waals surface area (Å²) in [7, 11) is 0. The maximum Gasteiger partial charge on any atom is 0.0950 e. The molecule has 0 aliphatic heterocycles. The first-order valence-electron chi connectivity index (χ1n) is 6.93. The predicted octanol–water partition coefficient (Wildman–Crippen LogP) is 3.72. The van der Waals surface area contributed by atoms with E-state index in [0.717, 1.165) is 18.5 Å². The molecule has 1 atom stereocenters. The van der Waals surface area contributed by atoms with Crippen LogP contribution in [0.3, 0.4) is 0 Å². The standard InChI is InChI=1S/C17H18N2O/c1-13(16-8-11-20-12-16)18-10-7-15-5-2-4-14-6-3-9-19-17(14)15/h2-6,8-9,11-13,18H,7,10H2,1H3. The van der Waals surface area contributed by atoms with Gasteiger partial charge in [-0.1, -0.05) is 24.3 Å². The molecule has 1 aromatic carbocycles. The summed E-state index contributed by atoms with van der Waals surface area (Å²) < 4.78 is 5.11. The summed E-state index contributed by atoms with van der Waals surface area (Å²) in [6, 6.07) is 12.7. The van der Waals surface area contributed by atoms with Crippen LogP contribution >= 0.6 is 0 Å². The highest BCUT2D eigenvalue weighted by Gasteiger charge is 2.06. The predicted molar refractivity (Wildman–Crippen MR) is 80.6 cm³/mol. The molecule has 0 radical (unpaired) electrons. The maximum absolute atomic E-state index is 5.11. The van der Waals surface area contributed by atoms with E-state index in [1.54, 1.807) is 12.5 Å². The fourth-order valence-electron chi connectivity index (χ4n) is 2.43. The van der Waals surface area contributed by atoms with Gasteiger partial charge in [0.2, 0.25) is 0 Å². The lowest BCUT2D eigenvalue weighted by Crippen LogP contribution is -2.21. The van der Waals surface area contributed by atoms with Gasteiger partial charge in [-0.15, -0.1) is 0 Å². The summed E-state index contributed by atoms with van der Waals surface area (Å²) >= 11 is 0. The SMILES string of the molecule is CC(NCCc1cccc2cccnc12)c1ccoc1. The largest absolute Gasteiger partial charge is 0.472 e. The van der Waals surface area contributed by atoms with E-state index in [0.29, 0.717) is 6.04 Å². The van der Waals surface area contributed by atoms with E-state index in [1.807, 2.05) is 18.3 Å². The van der Waals surface area contributed by atoms with Crippen LogP contribution in [0.15, 0.2) is 59.5 Å². The van der Waals surface area contributed by atoms with Crippen molar-refractivity contribution in [1.82, 2.24) is 10.3 Å². The van der Waals surface area contributed by atoms with E-state index >= 15 is 0 Å². The zero-order valence-corrected chi connectivity index (χ0v) is 11.5. The van der Waals surface area contributed by atoms with Gasteiger partial charge in [0.1, 0.15) is 0 Å². The smallest absolute Gasteiger partial charge is 0.0950 e. The van der Waals surface area contributed by atoms with Crippen LogP contribution in [-0.4, -0.2) is 11.5 Å². The average molecular weight is 266 g/mol. The van der Waals surface area contributed by atoms with Crippen LogP contribution in [0.5, 0.6) is 0 Å². The average Bonchev–Trinajstić information content (AvgIpc) is 3.02. The van der Waals surface area contributed by atoms with Crippen molar-refractivity contribution in [3.05, 3.63) is 66.2 Å². The van der Waals surface area contributed by atoms with Gasteiger partial charge in [-0.05, 0) is 37.6 Å². The van der Waals surface area contributed by atoms with Crippen LogP contribution in [0.4, 0.5) is 0 Å². The van der Waals surface area contributed by atoms with E-state index in [9.17, 15) is 0 Å². The third-order valence-corrected chi connectivity index (χ3v) is 3.60. The zero-order valence-electron chi connectivity index (χ0n) is 11.5. The summed E-state index contributed by atoms with van der Waals surface area (Å²) in [6.45, 7) is 3.06. The Kier molecular flexibility index (Phi) is 3.79. The molecular weight excluding hydrogens is 248 g/mol. The second kappa shape index (κ2) is 5.88. The molecule has 0 aliphatic rings. The Morgan fingerprint density at radius 1 is 1.20 bits per heavy atom. The molecule has 20 heavy (non-hydrogen) atoms. The van der Waals surface area contributed by atoms with Gasteiger partial charge in [0, 0.05) is 23.2 Å². The van der Waals surface area contributed by atoms with Crippen molar-refractivity contribution < 1.29 is 4.42 Å². The number of furan rings is 1. The summed E-state index contributed by atoms with van der Waals surface area (Å²) in [5, 5.41) is 4.71. The first-order valence-corrected chi connectivity index (χ1v) is 6.93. The van der Waals surface area contributed by atoms with Crippen molar-refractivity contribution in [1.29, 1.82) is 0 Å². The van der Waals surface area contributed by atoms with Crippen molar-refractivity contribution in [2.45, 2.75) is 19.4 Å². The van der Waals surface area contributed by atoms with Gasteiger partial charge in [0.15, 0.2) is 0 Å². The zero-order chi connectivity index (χ0) is 13.8. The minimum Gasteiger partial charge on any atom is -0.472 e. The minimum absolute atomic E-state index is 0.302. The second-order valence-electron chi connectivity index (χ2n) is 4.97. The van der Waals surface area contributed by atoms with Crippen molar-refractivity contribution in [2.75, 3.05) is 6.54 Å². The molecule has 0 spiro atoms. The van der Waals surface area contributed by atoms with Crippen LogP contribution in [0.2, 0.25) is 0 Å². The lowest BCUT2D eigenvalue weighted by Gasteiger charge is -2.12. The van der Waals surface area contributed by atoms with Crippen LogP contribution in [0.25, 0.3) is 10.9 Å². The number of hydrogen-bond acceptors (Lipinski definition) is 3. The van der Waals surface area contributed by atoms with E-state index in [4.69, 9.17) is 4.42 Å². The summed E-state index contributed by atoms with van der Waals surface area (Å²) in [6.07, 6.45) is 6.32. The topological polar surface area (TPSA) is 38.1 Å². The minimum atomic E-state index is 0.302.